The van der Waals surface area contributed by atoms with E-state index in [1.807, 2.05) is 48.5 Å². The van der Waals surface area contributed by atoms with Crippen LogP contribution in [-0.2, 0) is 4.79 Å². The van der Waals surface area contributed by atoms with Crippen molar-refractivity contribution in [3.8, 4) is 28.8 Å². The minimum absolute atomic E-state index is 0.0662. The molecule has 6 rings (SSSR count). The molecule has 0 amide bonds. The van der Waals surface area contributed by atoms with Gasteiger partial charge >= 0.3 is 0 Å². The first-order valence-corrected chi connectivity index (χ1v) is 11.9. The molecule has 0 saturated heterocycles. The number of methoxy groups -OCH3 is 2. The topological polar surface area (TPSA) is 87.8 Å². The second kappa shape index (κ2) is 8.19. The van der Waals surface area contributed by atoms with E-state index in [1.165, 1.54) is 0 Å². The van der Waals surface area contributed by atoms with E-state index in [1.54, 1.807) is 25.1 Å². The molecule has 36 heavy (non-hydrogen) atoms. The molecule has 2 aromatic carbocycles. The van der Waals surface area contributed by atoms with Crippen molar-refractivity contribution in [3.05, 3.63) is 77.3 Å². The molecule has 8 heteroatoms. The lowest BCUT2D eigenvalue weighted by atomic mass is 9.70. The summed E-state index contributed by atoms with van der Waals surface area (Å²) >= 11 is 0. The van der Waals surface area contributed by atoms with E-state index in [9.17, 15) is 4.79 Å². The van der Waals surface area contributed by atoms with Gasteiger partial charge in [0.1, 0.15) is 12.1 Å². The zero-order valence-electron chi connectivity index (χ0n) is 20.6. The molecule has 182 valence electrons. The van der Waals surface area contributed by atoms with E-state index >= 15 is 0 Å². The van der Waals surface area contributed by atoms with Crippen molar-refractivity contribution in [2.45, 2.75) is 32.6 Å². The molecule has 0 N–H and O–H groups in total. The number of ether oxygens (including phenoxy) is 3. The summed E-state index contributed by atoms with van der Waals surface area (Å²) in [4.78, 5) is 23.1. The monoisotopic (exact) mass is 482 g/mol. The third kappa shape index (κ3) is 3.52. The van der Waals surface area contributed by atoms with Crippen LogP contribution in [0.25, 0.3) is 17.0 Å². The van der Waals surface area contributed by atoms with Gasteiger partial charge in [-0.2, -0.15) is 0 Å². The van der Waals surface area contributed by atoms with E-state index in [-0.39, 0.29) is 11.2 Å². The minimum Gasteiger partial charge on any atom is -0.493 e. The molecule has 0 saturated carbocycles. The first-order valence-electron chi connectivity index (χ1n) is 11.9. The summed E-state index contributed by atoms with van der Waals surface area (Å²) < 4.78 is 19.0. The summed E-state index contributed by atoms with van der Waals surface area (Å²) in [7, 11) is 3.20. The van der Waals surface area contributed by atoms with Crippen LogP contribution < -0.4 is 14.2 Å². The van der Waals surface area contributed by atoms with Crippen LogP contribution in [0.2, 0.25) is 0 Å². The Bertz CT molecular complexity index is 1540. The number of nitrogens with zero attached hydrogens (tertiary/aromatic N) is 4. The van der Waals surface area contributed by atoms with Gasteiger partial charge in [-0.25, -0.2) is 14.5 Å². The van der Waals surface area contributed by atoms with Crippen LogP contribution >= 0.6 is 0 Å². The number of hydrogen-bond acceptors (Lipinski definition) is 7. The number of fused-ring (bicyclic) bond motifs is 3. The van der Waals surface area contributed by atoms with Crippen molar-refractivity contribution in [1.82, 2.24) is 19.6 Å². The van der Waals surface area contributed by atoms with Gasteiger partial charge in [0.25, 0.3) is 0 Å². The Hall–Kier alpha value is -4.20. The van der Waals surface area contributed by atoms with E-state index in [0.29, 0.717) is 58.6 Å². The van der Waals surface area contributed by atoms with Gasteiger partial charge in [-0.15, -0.1) is 5.10 Å². The second-order valence-electron chi connectivity index (χ2n) is 9.96. The summed E-state index contributed by atoms with van der Waals surface area (Å²) in [6.45, 7) is 4.17. The first kappa shape index (κ1) is 22.3. The highest BCUT2D eigenvalue weighted by Gasteiger charge is 2.44. The number of rotatable bonds is 4. The Morgan fingerprint density at radius 3 is 2.56 bits per heavy atom. The van der Waals surface area contributed by atoms with Crippen LogP contribution in [0.1, 0.15) is 43.7 Å². The number of allylic oxidation sites excluding steroid dienone is 2. The van der Waals surface area contributed by atoms with E-state index in [2.05, 4.69) is 23.9 Å². The van der Waals surface area contributed by atoms with Gasteiger partial charge in [-0.05, 0) is 23.1 Å². The van der Waals surface area contributed by atoms with Gasteiger partial charge in [0.2, 0.25) is 5.88 Å². The largest absolute Gasteiger partial charge is 0.493 e. The molecule has 1 aliphatic heterocycles. The van der Waals surface area contributed by atoms with Crippen molar-refractivity contribution in [1.29, 1.82) is 0 Å². The maximum atomic E-state index is 13.6. The van der Waals surface area contributed by atoms with E-state index < -0.39 is 5.92 Å². The summed E-state index contributed by atoms with van der Waals surface area (Å²) in [5.41, 5.74) is 3.53. The molecule has 0 unspecified atom stereocenters. The zero-order chi connectivity index (χ0) is 25.0. The minimum atomic E-state index is -0.434. The predicted molar refractivity (Wildman–Crippen MR) is 133 cm³/mol. The van der Waals surface area contributed by atoms with Crippen LogP contribution in [0.4, 0.5) is 0 Å². The molecule has 1 atom stereocenters. The quantitative estimate of drug-likeness (QED) is 0.406. The zero-order valence-corrected chi connectivity index (χ0v) is 20.6. The summed E-state index contributed by atoms with van der Waals surface area (Å²) in [5, 5.41) is 4.67. The van der Waals surface area contributed by atoms with Crippen LogP contribution in [-0.4, -0.2) is 39.6 Å². The lowest BCUT2D eigenvalue weighted by Gasteiger charge is -2.37. The fourth-order valence-corrected chi connectivity index (χ4v) is 5.22. The van der Waals surface area contributed by atoms with Crippen molar-refractivity contribution in [2.75, 3.05) is 14.2 Å². The Morgan fingerprint density at radius 2 is 1.81 bits per heavy atom. The lowest BCUT2D eigenvalue weighted by molar-refractivity contribution is -0.118. The van der Waals surface area contributed by atoms with E-state index in [0.717, 1.165) is 11.1 Å². The van der Waals surface area contributed by atoms with Crippen molar-refractivity contribution in [3.63, 3.8) is 0 Å². The van der Waals surface area contributed by atoms with Crippen LogP contribution in [0.3, 0.4) is 0 Å². The molecule has 2 aromatic heterocycles. The number of benzene rings is 2. The predicted octanol–water partition coefficient (Wildman–Crippen LogP) is 4.98. The summed E-state index contributed by atoms with van der Waals surface area (Å²) in [6, 6.07) is 15.5. The van der Waals surface area contributed by atoms with Gasteiger partial charge in [0.15, 0.2) is 28.8 Å². The van der Waals surface area contributed by atoms with Crippen LogP contribution in [0.15, 0.2) is 66.2 Å². The number of carbonyl (C=O) groups is 1. The summed E-state index contributed by atoms with van der Waals surface area (Å²) in [5.74, 6) is 2.52. The normalized spacial score (nSPS) is 18.4. The van der Waals surface area contributed by atoms with Gasteiger partial charge in [-0.3, -0.25) is 4.79 Å². The highest BCUT2D eigenvalue weighted by molar-refractivity contribution is 6.00. The average Bonchev–Trinajstić information content (AvgIpc) is 3.31. The first-order chi connectivity index (χ1) is 17.4. The molecule has 8 nitrogen and oxygen atoms in total. The number of carbonyl (C=O) groups excluding carboxylic acids is 1. The van der Waals surface area contributed by atoms with Gasteiger partial charge in [-0.1, -0.05) is 50.2 Å². The molecule has 0 radical (unpaired) electrons. The number of Topliss-reactive ketones (excluding diaryl/α,β-unsaturated/α-hetero) is 1. The molecule has 0 fully saturated rings. The fraction of sp³-hybridized carbons (Fsp3) is 0.286. The third-order valence-corrected chi connectivity index (χ3v) is 6.84. The number of hydrogen-bond donors (Lipinski definition) is 0. The van der Waals surface area contributed by atoms with Crippen LogP contribution in [0, 0.1) is 5.41 Å². The maximum Gasteiger partial charge on any atom is 0.228 e. The summed E-state index contributed by atoms with van der Waals surface area (Å²) in [6.07, 6.45) is 2.69. The average molecular weight is 483 g/mol. The standard InChI is InChI=1S/C28H26N4O4/c1-28(2)13-18(33)23-21(14-28)36-27-24(22(23)17-10-11-19(34-3)20(12-17)35-4)26-30-25(31-32(26)15-29-27)16-8-6-5-7-9-16/h5-12,15,22H,13-14H2,1-4H3/t22-/m0/s1. The van der Waals surface area contributed by atoms with E-state index in [4.69, 9.17) is 19.2 Å². The molecular formula is C28H26N4O4. The lowest BCUT2D eigenvalue weighted by Crippen LogP contribution is -2.33. The Balaban J connectivity index is 1.61. The molecule has 1 aliphatic carbocycles. The fourth-order valence-electron chi connectivity index (χ4n) is 5.22. The SMILES string of the molecule is COc1ccc([C@H]2C3=C(CC(C)(C)CC3=O)Oc3ncn4nc(-c5ccccc5)nc4c32)cc1OC. The van der Waals surface area contributed by atoms with Gasteiger partial charge < -0.3 is 14.2 Å². The van der Waals surface area contributed by atoms with Crippen molar-refractivity contribution >= 4 is 11.4 Å². The smallest absolute Gasteiger partial charge is 0.228 e. The van der Waals surface area contributed by atoms with Crippen molar-refractivity contribution in [2.24, 2.45) is 5.41 Å². The van der Waals surface area contributed by atoms with Gasteiger partial charge in [0, 0.05) is 24.0 Å². The Kier molecular flexibility index (Phi) is 5.07. The second-order valence-corrected chi connectivity index (χ2v) is 9.96. The molecule has 4 aromatic rings. The number of ketones is 1. The third-order valence-electron chi connectivity index (χ3n) is 6.84. The highest BCUT2D eigenvalue weighted by atomic mass is 16.5. The molecule has 2 aliphatic rings. The molecule has 0 spiro atoms. The van der Waals surface area contributed by atoms with Gasteiger partial charge in [0.05, 0.1) is 25.7 Å². The molecular weight excluding hydrogens is 456 g/mol. The van der Waals surface area contributed by atoms with Crippen molar-refractivity contribution < 1.29 is 19.0 Å². The molecule has 0 bridgehead atoms. The highest BCUT2D eigenvalue weighted by Crippen LogP contribution is 2.51. The Morgan fingerprint density at radius 1 is 1.03 bits per heavy atom. The van der Waals surface area contributed by atoms with Crippen LogP contribution in [0.5, 0.6) is 17.4 Å². The Labute approximate surface area is 208 Å². The number of aromatic nitrogens is 4. The maximum absolute atomic E-state index is 13.6. The molecule has 3 heterocycles.